The summed E-state index contributed by atoms with van der Waals surface area (Å²) in [6, 6.07) is 13.4. The van der Waals surface area contributed by atoms with Gasteiger partial charge in [-0.25, -0.2) is 0 Å². The van der Waals surface area contributed by atoms with Crippen LogP contribution in [-0.2, 0) is 0 Å². The van der Waals surface area contributed by atoms with Crippen molar-refractivity contribution in [3.8, 4) is 0 Å². The van der Waals surface area contributed by atoms with Crippen LogP contribution in [0.25, 0.3) is 12.2 Å². The van der Waals surface area contributed by atoms with Crippen molar-refractivity contribution in [2.75, 3.05) is 5.73 Å². The Kier molecular flexibility index (Phi) is 3.72. The van der Waals surface area contributed by atoms with Crippen LogP contribution in [0.2, 0.25) is 10.0 Å². The molecule has 2 N–H and O–H groups in total. The molecule has 0 amide bonds. The van der Waals surface area contributed by atoms with Crippen LogP contribution in [0.15, 0.2) is 42.5 Å². The molecule has 86 valence electrons. The van der Waals surface area contributed by atoms with Crippen LogP contribution in [0.1, 0.15) is 11.1 Å². The number of benzene rings is 2. The molecule has 0 spiro atoms. The number of nitrogen functional groups attached to an aromatic ring is 1. The smallest absolute Gasteiger partial charge is 0.0656 e. The highest BCUT2D eigenvalue weighted by molar-refractivity contribution is 6.36. The fourth-order valence-electron chi connectivity index (χ4n) is 1.49. The Morgan fingerprint density at radius 1 is 0.941 bits per heavy atom. The Bertz CT molecular complexity index is 548. The lowest BCUT2D eigenvalue weighted by molar-refractivity contribution is 1.63. The summed E-state index contributed by atoms with van der Waals surface area (Å²) < 4.78 is 0. The zero-order chi connectivity index (χ0) is 12.3. The minimum atomic E-state index is 0.477. The summed E-state index contributed by atoms with van der Waals surface area (Å²) >= 11 is 11.9. The first kappa shape index (κ1) is 12.0. The molecule has 0 bridgehead atoms. The van der Waals surface area contributed by atoms with Gasteiger partial charge in [-0.15, -0.1) is 0 Å². The van der Waals surface area contributed by atoms with E-state index in [-0.39, 0.29) is 0 Å². The van der Waals surface area contributed by atoms with Gasteiger partial charge in [0.1, 0.15) is 0 Å². The molecule has 3 heteroatoms. The highest BCUT2D eigenvalue weighted by Crippen LogP contribution is 2.28. The third-order valence-corrected chi connectivity index (χ3v) is 2.91. The van der Waals surface area contributed by atoms with Gasteiger partial charge < -0.3 is 5.73 Å². The van der Waals surface area contributed by atoms with Gasteiger partial charge in [-0.1, -0.05) is 65.7 Å². The van der Waals surface area contributed by atoms with Crippen molar-refractivity contribution in [3.63, 3.8) is 0 Å². The van der Waals surface area contributed by atoms with E-state index in [1.165, 1.54) is 0 Å². The minimum absolute atomic E-state index is 0.477. The van der Waals surface area contributed by atoms with Crippen molar-refractivity contribution in [1.29, 1.82) is 0 Å². The van der Waals surface area contributed by atoms with Gasteiger partial charge in [0.2, 0.25) is 0 Å². The molecular formula is C14H11Cl2N. The standard InChI is InChI=1S/C14H11Cl2N/c15-12-8-11(14(17)13(16)9-12)7-6-10-4-2-1-3-5-10/h1-9H,17H2/b7-6+. The molecular weight excluding hydrogens is 253 g/mol. The summed E-state index contributed by atoms with van der Waals surface area (Å²) in [6.07, 6.45) is 3.88. The van der Waals surface area contributed by atoms with Gasteiger partial charge in [-0.05, 0) is 17.7 Å². The van der Waals surface area contributed by atoms with E-state index in [2.05, 4.69) is 0 Å². The molecule has 0 aromatic heterocycles. The fourth-order valence-corrected chi connectivity index (χ4v) is 2.00. The predicted molar refractivity (Wildman–Crippen MR) is 76.2 cm³/mol. The summed E-state index contributed by atoms with van der Waals surface area (Å²) in [6.45, 7) is 0. The van der Waals surface area contributed by atoms with Crippen LogP contribution in [0, 0.1) is 0 Å². The van der Waals surface area contributed by atoms with Gasteiger partial charge in [-0.2, -0.15) is 0 Å². The quantitative estimate of drug-likeness (QED) is 0.615. The number of hydrogen-bond acceptors (Lipinski definition) is 1. The molecule has 0 aliphatic heterocycles. The first-order valence-corrected chi connectivity index (χ1v) is 5.90. The van der Waals surface area contributed by atoms with E-state index in [1.54, 1.807) is 12.1 Å². The third kappa shape index (κ3) is 3.02. The van der Waals surface area contributed by atoms with Crippen LogP contribution < -0.4 is 5.73 Å². The average Bonchev–Trinajstić information content (AvgIpc) is 2.33. The summed E-state index contributed by atoms with van der Waals surface area (Å²) in [7, 11) is 0. The number of halogens is 2. The molecule has 0 radical (unpaired) electrons. The maximum atomic E-state index is 5.96. The second-order valence-corrected chi connectivity index (χ2v) is 4.48. The lowest BCUT2D eigenvalue weighted by Gasteiger charge is -2.04. The molecule has 17 heavy (non-hydrogen) atoms. The lowest BCUT2D eigenvalue weighted by atomic mass is 10.1. The van der Waals surface area contributed by atoms with E-state index in [9.17, 15) is 0 Å². The number of hydrogen-bond donors (Lipinski definition) is 1. The monoisotopic (exact) mass is 263 g/mol. The molecule has 2 aromatic carbocycles. The highest BCUT2D eigenvalue weighted by atomic mass is 35.5. The van der Waals surface area contributed by atoms with Crippen molar-refractivity contribution in [2.45, 2.75) is 0 Å². The Morgan fingerprint density at radius 3 is 2.35 bits per heavy atom. The SMILES string of the molecule is Nc1c(Cl)cc(Cl)cc1/C=C/c1ccccc1. The van der Waals surface area contributed by atoms with Gasteiger partial charge in [0.15, 0.2) is 0 Å². The molecule has 0 saturated carbocycles. The fraction of sp³-hybridized carbons (Fsp3) is 0. The first-order chi connectivity index (χ1) is 8.16. The van der Waals surface area contributed by atoms with Crippen LogP contribution in [0.5, 0.6) is 0 Å². The summed E-state index contributed by atoms with van der Waals surface area (Å²) in [5.74, 6) is 0. The van der Waals surface area contributed by atoms with Crippen molar-refractivity contribution in [2.24, 2.45) is 0 Å². The first-order valence-electron chi connectivity index (χ1n) is 5.14. The minimum Gasteiger partial charge on any atom is -0.397 e. The summed E-state index contributed by atoms with van der Waals surface area (Å²) in [5, 5.41) is 1.06. The molecule has 0 unspecified atom stereocenters. The van der Waals surface area contributed by atoms with Gasteiger partial charge in [0.25, 0.3) is 0 Å². The van der Waals surface area contributed by atoms with Crippen LogP contribution in [-0.4, -0.2) is 0 Å². The Labute approximate surface area is 110 Å². The maximum absolute atomic E-state index is 5.96. The van der Waals surface area contributed by atoms with Crippen LogP contribution >= 0.6 is 23.2 Å². The molecule has 0 saturated heterocycles. The van der Waals surface area contributed by atoms with E-state index < -0.39 is 0 Å². The van der Waals surface area contributed by atoms with Gasteiger partial charge in [0, 0.05) is 10.6 Å². The van der Waals surface area contributed by atoms with E-state index in [0.29, 0.717) is 15.7 Å². The lowest BCUT2D eigenvalue weighted by Crippen LogP contribution is -1.90. The normalized spacial score (nSPS) is 10.9. The Balaban J connectivity index is 2.33. The van der Waals surface area contributed by atoms with Crippen molar-refractivity contribution in [3.05, 3.63) is 63.6 Å². The maximum Gasteiger partial charge on any atom is 0.0656 e. The molecule has 1 nitrogen and oxygen atoms in total. The zero-order valence-corrected chi connectivity index (χ0v) is 10.5. The molecule has 0 fully saturated rings. The number of nitrogens with two attached hydrogens (primary N) is 1. The van der Waals surface area contributed by atoms with E-state index in [0.717, 1.165) is 11.1 Å². The van der Waals surface area contributed by atoms with E-state index in [4.69, 9.17) is 28.9 Å². The second-order valence-electron chi connectivity index (χ2n) is 3.63. The van der Waals surface area contributed by atoms with Crippen LogP contribution in [0.3, 0.4) is 0 Å². The largest absolute Gasteiger partial charge is 0.397 e. The highest BCUT2D eigenvalue weighted by Gasteiger charge is 2.02. The second kappa shape index (κ2) is 5.26. The molecule has 0 heterocycles. The average molecular weight is 264 g/mol. The Hall–Kier alpha value is -1.44. The molecule has 0 aliphatic carbocycles. The molecule has 0 atom stereocenters. The number of anilines is 1. The third-order valence-electron chi connectivity index (χ3n) is 2.38. The summed E-state index contributed by atoms with van der Waals surface area (Å²) in [4.78, 5) is 0. The van der Waals surface area contributed by atoms with Crippen molar-refractivity contribution in [1.82, 2.24) is 0 Å². The van der Waals surface area contributed by atoms with Gasteiger partial charge >= 0.3 is 0 Å². The molecule has 0 aliphatic rings. The van der Waals surface area contributed by atoms with Crippen molar-refractivity contribution < 1.29 is 0 Å². The predicted octanol–water partition coefficient (Wildman–Crippen LogP) is 4.75. The van der Waals surface area contributed by atoms with Gasteiger partial charge in [0.05, 0.1) is 10.7 Å². The topological polar surface area (TPSA) is 26.0 Å². The summed E-state index contributed by atoms with van der Waals surface area (Å²) in [5.41, 5.74) is 8.34. The van der Waals surface area contributed by atoms with Crippen molar-refractivity contribution >= 4 is 41.0 Å². The molecule has 2 rings (SSSR count). The van der Waals surface area contributed by atoms with Gasteiger partial charge in [-0.3, -0.25) is 0 Å². The van der Waals surface area contributed by atoms with E-state index >= 15 is 0 Å². The molecule has 2 aromatic rings. The zero-order valence-electron chi connectivity index (χ0n) is 9.03. The van der Waals surface area contributed by atoms with E-state index in [1.807, 2.05) is 42.5 Å². The number of rotatable bonds is 2. The Morgan fingerprint density at radius 2 is 1.65 bits per heavy atom. The van der Waals surface area contributed by atoms with Crippen LogP contribution in [0.4, 0.5) is 5.69 Å².